The number of hydrogen-bond acceptors (Lipinski definition) is 2. The molecule has 0 aromatic heterocycles. The highest BCUT2D eigenvalue weighted by Gasteiger charge is 2.11. The van der Waals surface area contributed by atoms with Gasteiger partial charge in [-0.2, -0.15) is 0 Å². The maximum Gasteiger partial charge on any atom is 0.506 e. The van der Waals surface area contributed by atoms with Crippen LogP contribution in [-0.2, 0) is 11.2 Å². The van der Waals surface area contributed by atoms with E-state index in [2.05, 4.69) is 37.3 Å². The number of hydrogen-bond donors (Lipinski definition) is 1. The summed E-state index contributed by atoms with van der Waals surface area (Å²) in [7, 11) is 0. The molecule has 1 unspecified atom stereocenters. The van der Waals surface area contributed by atoms with Gasteiger partial charge in [0.05, 0.1) is 0 Å². The molecule has 3 heteroatoms. The zero-order valence-corrected chi connectivity index (χ0v) is 13.8. The lowest BCUT2D eigenvalue weighted by molar-refractivity contribution is 0.0431. The summed E-state index contributed by atoms with van der Waals surface area (Å²) in [5, 5.41) is 8.68. The number of aryl methyl sites for hydroxylation is 1. The molecule has 1 aromatic rings. The standard InChI is InChI=1S/C19H30O3/c1-2-12-18(22-19(20)21)16-11-6-4-3-5-8-13-17-14-9-7-10-15-17/h7,9-10,14-15,18H,2-6,8,11-13,16H2,1H3,(H,20,21). The summed E-state index contributed by atoms with van der Waals surface area (Å²) in [6.45, 7) is 2.06. The van der Waals surface area contributed by atoms with Crippen LogP contribution in [0.3, 0.4) is 0 Å². The van der Waals surface area contributed by atoms with Crippen molar-refractivity contribution >= 4 is 6.16 Å². The number of rotatable bonds is 12. The minimum absolute atomic E-state index is 0.111. The molecule has 1 aromatic carbocycles. The van der Waals surface area contributed by atoms with E-state index in [0.717, 1.165) is 25.7 Å². The number of benzene rings is 1. The van der Waals surface area contributed by atoms with Crippen molar-refractivity contribution in [3.05, 3.63) is 35.9 Å². The summed E-state index contributed by atoms with van der Waals surface area (Å²) in [5.74, 6) is 0. The van der Waals surface area contributed by atoms with Crippen LogP contribution in [0.25, 0.3) is 0 Å². The lowest BCUT2D eigenvalue weighted by Crippen LogP contribution is -2.16. The third kappa shape index (κ3) is 9.43. The first kappa shape index (κ1) is 18.5. The Bertz CT molecular complexity index is 389. The SMILES string of the molecule is CCCC(CCCCCCCCc1ccccc1)OC(=O)O. The molecule has 124 valence electrons. The van der Waals surface area contributed by atoms with Crippen LogP contribution in [0, 0.1) is 0 Å². The van der Waals surface area contributed by atoms with E-state index in [-0.39, 0.29) is 6.10 Å². The molecule has 3 nitrogen and oxygen atoms in total. The molecule has 0 heterocycles. The van der Waals surface area contributed by atoms with Gasteiger partial charge in [0, 0.05) is 0 Å². The predicted octanol–water partition coefficient (Wildman–Crippen LogP) is 5.82. The summed E-state index contributed by atoms with van der Waals surface area (Å²) < 4.78 is 4.90. The molecule has 0 aliphatic rings. The Labute approximate surface area is 134 Å². The van der Waals surface area contributed by atoms with Gasteiger partial charge in [-0.1, -0.05) is 69.4 Å². The molecular weight excluding hydrogens is 276 g/mol. The van der Waals surface area contributed by atoms with Gasteiger partial charge in [0.1, 0.15) is 6.10 Å². The first-order valence-electron chi connectivity index (χ1n) is 8.66. The van der Waals surface area contributed by atoms with E-state index >= 15 is 0 Å². The van der Waals surface area contributed by atoms with E-state index in [1.807, 2.05) is 0 Å². The van der Waals surface area contributed by atoms with E-state index in [0.29, 0.717) is 0 Å². The molecular formula is C19H30O3. The summed E-state index contributed by atoms with van der Waals surface area (Å²) in [6.07, 6.45) is 9.87. The zero-order valence-electron chi connectivity index (χ0n) is 13.8. The van der Waals surface area contributed by atoms with Crippen LogP contribution in [0.1, 0.15) is 70.3 Å². The highest BCUT2D eigenvalue weighted by atomic mass is 16.7. The van der Waals surface area contributed by atoms with Crippen LogP contribution in [0.4, 0.5) is 4.79 Å². The van der Waals surface area contributed by atoms with Gasteiger partial charge in [-0.3, -0.25) is 0 Å². The summed E-state index contributed by atoms with van der Waals surface area (Å²) in [5.41, 5.74) is 1.43. The smallest absolute Gasteiger partial charge is 0.450 e. The van der Waals surface area contributed by atoms with E-state index in [4.69, 9.17) is 9.84 Å². The Balaban J connectivity index is 1.97. The Hall–Kier alpha value is -1.51. The van der Waals surface area contributed by atoms with Gasteiger partial charge >= 0.3 is 6.16 Å². The van der Waals surface area contributed by atoms with Crippen molar-refractivity contribution in [1.82, 2.24) is 0 Å². The molecule has 0 saturated carbocycles. The highest BCUT2D eigenvalue weighted by Crippen LogP contribution is 2.15. The van der Waals surface area contributed by atoms with Crippen molar-refractivity contribution in [2.45, 2.75) is 77.2 Å². The average Bonchev–Trinajstić information content (AvgIpc) is 2.50. The molecule has 0 aliphatic carbocycles. The minimum Gasteiger partial charge on any atom is -0.450 e. The third-order valence-corrected chi connectivity index (χ3v) is 3.96. The van der Waals surface area contributed by atoms with E-state index in [1.165, 1.54) is 44.1 Å². The molecule has 0 saturated heterocycles. The molecule has 0 aliphatic heterocycles. The van der Waals surface area contributed by atoms with Crippen LogP contribution >= 0.6 is 0 Å². The fourth-order valence-electron chi connectivity index (χ4n) is 2.78. The van der Waals surface area contributed by atoms with Crippen LogP contribution in [-0.4, -0.2) is 17.4 Å². The van der Waals surface area contributed by atoms with Crippen molar-refractivity contribution in [3.8, 4) is 0 Å². The van der Waals surface area contributed by atoms with Crippen molar-refractivity contribution in [1.29, 1.82) is 0 Å². The largest absolute Gasteiger partial charge is 0.506 e. The number of carboxylic acid groups (broad SMARTS) is 1. The maximum atomic E-state index is 10.6. The fraction of sp³-hybridized carbons (Fsp3) is 0.632. The zero-order chi connectivity index (χ0) is 16.0. The second-order valence-electron chi connectivity index (χ2n) is 5.94. The van der Waals surface area contributed by atoms with Gasteiger partial charge in [-0.05, 0) is 37.7 Å². The van der Waals surface area contributed by atoms with Gasteiger partial charge < -0.3 is 9.84 Å². The molecule has 1 rings (SSSR count). The molecule has 0 fully saturated rings. The monoisotopic (exact) mass is 306 g/mol. The minimum atomic E-state index is -1.14. The fourth-order valence-corrected chi connectivity index (χ4v) is 2.78. The topological polar surface area (TPSA) is 46.5 Å². The maximum absolute atomic E-state index is 10.6. The number of carbonyl (C=O) groups is 1. The third-order valence-electron chi connectivity index (χ3n) is 3.96. The van der Waals surface area contributed by atoms with Gasteiger partial charge in [0.15, 0.2) is 0 Å². The summed E-state index contributed by atoms with van der Waals surface area (Å²) in [6, 6.07) is 10.6. The summed E-state index contributed by atoms with van der Waals surface area (Å²) in [4.78, 5) is 10.6. The van der Waals surface area contributed by atoms with E-state index in [1.54, 1.807) is 0 Å². The predicted molar refractivity (Wildman–Crippen MR) is 90.3 cm³/mol. The Morgan fingerprint density at radius 3 is 2.27 bits per heavy atom. The van der Waals surface area contributed by atoms with Crippen LogP contribution < -0.4 is 0 Å². The van der Waals surface area contributed by atoms with Gasteiger partial charge in [0.25, 0.3) is 0 Å². The molecule has 1 atom stereocenters. The van der Waals surface area contributed by atoms with Crippen molar-refractivity contribution in [3.63, 3.8) is 0 Å². The second kappa shape index (κ2) is 12.1. The normalized spacial score (nSPS) is 12.0. The number of ether oxygens (including phenoxy) is 1. The van der Waals surface area contributed by atoms with Gasteiger partial charge in [0.2, 0.25) is 0 Å². The highest BCUT2D eigenvalue weighted by molar-refractivity contribution is 5.57. The average molecular weight is 306 g/mol. The lowest BCUT2D eigenvalue weighted by Gasteiger charge is -2.14. The van der Waals surface area contributed by atoms with Gasteiger partial charge in [-0.15, -0.1) is 0 Å². The lowest BCUT2D eigenvalue weighted by atomic mass is 10.0. The van der Waals surface area contributed by atoms with Crippen molar-refractivity contribution in [2.75, 3.05) is 0 Å². The summed E-state index contributed by atoms with van der Waals surface area (Å²) >= 11 is 0. The van der Waals surface area contributed by atoms with E-state index < -0.39 is 6.16 Å². The molecule has 1 N–H and O–H groups in total. The van der Waals surface area contributed by atoms with Gasteiger partial charge in [-0.25, -0.2) is 4.79 Å². The molecule has 0 amide bonds. The Kier molecular flexibility index (Phi) is 10.2. The van der Waals surface area contributed by atoms with Crippen LogP contribution in [0.15, 0.2) is 30.3 Å². The first-order chi connectivity index (χ1) is 10.7. The molecule has 0 bridgehead atoms. The second-order valence-corrected chi connectivity index (χ2v) is 5.94. The van der Waals surface area contributed by atoms with Crippen LogP contribution in [0.5, 0.6) is 0 Å². The quantitative estimate of drug-likeness (QED) is 0.391. The molecule has 22 heavy (non-hydrogen) atoms. The Morgan fingerprint density at radius 1 is 1.00 bits per heavy atom. The van der Waals surface area contributed by atoms with Crippen molar-refractivity contribution < 1.29 is 14.6 Å². The van der Waals surface area contributed by atoms with Crippen LogP contribution in [0.2, 0.25) is 0 Å². The van der Waals surface area contributed by atoms with E-state index in [9.17, 15) is 4.79 Å². The number of unbranched alkanes of at least 4 members (excludes halogenated alkanes) is 5. The van der Waals surface area contributed by atoms with Crippen molar-refractivity contribution in [2.24, 2.45) is 0 Å². The molecule has 0 spiro atoms. The Morgan fingerprint density at radius 2 is 1.64 bits per heavy atom. The first-order valence-corrected chi connectivity index (χ1v) is 8.66. The molecule has 0 radical (unpaired) electrons.